The van der Waals surface area contributed by atoms with Crippen LogP contribution in [0.3, 0.4) is 0 Å². The molecule has 1 heterocycles. The number of pyridine rings is 1. The highest BCUT2D eigenvalue weighted by Gasteiger charge is 2.05. The molecule has 0 fully saturated rings. The van der Waals surface area contributed by atoms with Crippen LogP contribution in [0.25, 0.3) is 11.3 Å². The fourth-order valence-electron chi connectivity index (χ4n) is 1.85. The fraction of sp³-hybridized carbons (Fsp3) is 0.267. The third-order valence-electron chi connectivity index (χ3n) is 2.90. The number of hydrogen-bond donors (Lipinski definition) is 2. The van der Waals surface area contributed by atoms with Crippen molar-refractivity contribution in [3.8, 4) is 17.0 Å². The molecule has 0 aliphatic carbocycles. The first kappa shape index (κ1) is 16.4. The summed E-state index contributed by atoms with van der Waals surface area (Å²) in [5, 5.41) is 8.97. The number of hydrogen-bond acceptors (Lipinski definition) is 4. The van der Waals surface area contributed by atoms with Gasteiger partial charge in [0.15, 0.2) is 0 Å². The van der Waals surface area contributed by atoms with Crippen LogP contribution in [0.4, 0.5) is 0 Å². The molecule has 4 nitrogen and oxygen atoms in total. The summed E-state index contributed by atoms with van der Waals surface area (Å²) in [7, 11) is 1.64. The van der Waals surface area contributed by atoms with Gasteiger partial charge in [0.2, 0.25) is 0 Å². The number of aromatic nitrogens is 1. The molecular weight excluding hydrogens is 276 g/mol. The van der Waals surface area contributed by atoms with E-state index in [1.165, 1.54) is 0 Å². The third-order valence-corrected chi connectivity index (χ3v) is 2.90. The van der Waals surface area contributed by atoms with Crippen molar-refractivity contribution < 1.29 is 9.84 Å². The molecule has 0 bridgehead atoms. The molecule has 0 radical (unpaired) electrons. The third kappa shape index (κ3) is 4.20. The summed E-state index contributed by atoms with van der Waals surface area (Å²) in [5.41, 5.74) is 8.53. The van der Waals surface area contributed by atoms with E-state index in [9.17, 15) is 0 Å². The highest BCUT2D eigenvalue weighted by Crippen LogP contribution is 2.20. The predicted molar refractivity (Wildman–Crippen MR) is 82.2 cm³/mol. The lowest BCUT2D eigenvalue weighted by Gasteiger charge is -2.09. The van der Waals surface area contributed by atoms with E-state index in [-0.39, 0.29) is 25.1 Å². The van der Waals surface area contributed by atoms with E-state index in [0.717, 1.165) is 22.7 Å². The van der Waals surface area contributed by atoms with Crippen molar-refractivity contribution in [2.24, 2.45) is 5.73 Å². The maximum absolute atomic E-state index is 8.97. The molecule has 20 heavy (non-hydrogen) atoms. The van der Waals surface area contributed by atoms with Crippen LogP contribution in [0, 0.1) is 0 Å². The fourth-order valence-corrected chi connectivity index (χ4v) is 1.85. The van der Waals surface area contributed by atoms with Crippen molar-refractivity contribution in [3.05, 3.63) is 48.2 Å². The van der Waals surface area contributed by atoms with Gasteiger partial charge in [-0.25, -0.2) is 0 Å². The number of methoxy groups -OCH3 is 1. The number of aliphatic hydroxyl groups is 1. The smallest absolute Gasteiger partial charge is 0.118 e. The van der Waals surface area contributed by atoms with E-state index >= 15 is 0 Å². The summed E-state index contributed by atoms with van der Waals surface area (Å²) < 4.78 is 5.13. The molecule has 0 saturated carbocycles. The van der Waals surface area contributed by atoms with Gasteiger partial charge in [-0.3, -0.25) is 4.98 Å². The lowest BCUT2D eigenvalue weighted by atomic mass is 10.1. The Balaban J connectivity index is 0.00000200. The van der Waals surface area contributed by atoms with E-state index in [4.69, 9.17) is 15.6 Å². The average Bonchev–Trinajstić information content (AvgIpc) is 2.47. The number of rotatable bonds is 5. The first-order chi connectivity index (χ1) is 9.22. The summed E-state index contributed by atoms with van der Waals surface area (Å²) in [4.78, 5) is 4.55. The second-order valence-electron chi connectivity index (χ2n) is 4.39. The molecule has 1 unspecified atom stereocenters. The normalized spacial score (nSPS) is 11.6. The van der Waals surface area contributed by atoms with Crippen LogP contribution in [-0.2, 0) is 6.42 Å². The van der Waals surface area contributed by atoms with Gasteiger partial charge in [0.05, 0.1) is 19.4 Å². The van der Waals surface area contributed by atoms with E-state index < -0.39 is 0 Å². The summed E-state index contributed by atoms with van der Waals surface area (Å²) in [6, 6.07) is 13.3. The molecule has 0 amide bonds. The monoisotopic (exact) mass is 294 g/mol. The van der Waals surface area contributed by atoms with Crippen LogP contribution < -0.4 is 10.5 Å². The zero-order valence-corrected chi connectivity index (χ0v) is 12.1. The lowest BCUT2D eigenvalue weighted by Crippen LogP contribution is -2.27. The molecule has 0 saturated heterocycles. The number of nitrogens with zero attached hydrogens (tertiary/aromatic N) is 1. The first-order valence-corrected chi connectivity index (χ1v) is 6.19. The zero-order chi connectivity index (χ0) is 13.7. The number of benzene rings is 1. The minimum Gasteiger partial charge on any atom is -0.497 e. The quantitative estimate of drug-likeness (QED) is 0.885. The second-order valence-corrected chi connectivity index (χ2v) is 4.39. The van der Waals surface area contributed by atoms with Gasteiger partial charge in [-0.15, -0.1) is 12.4 Å². The van der Waals surface area contributed by atoms with E-state index in [0.29, 0.717) is 6.42 Å². The van der Waals surface area contributed by atoms with Crippen molar-refractivity contribution in [3.63, 3.8) is 0 Å². The van der Waals surface area contributed by atoms with Crippen LogP contribution in [0.2, 0.25) is 0 Å². The Bertz CT molecular complexity index is 532. The summed E-state index contributed by atoms with van der Waals surface area (Å²) in [6.45, 7) is -0.0333. The molecule has 1 aromatic carbocycles. The van der Waals surface area contributed by atoms with Crippen LogP contribution in [-0.4, -0.2) is 29.8 Å². The molecular formula is C15H19ClN2O2. The molecule has 5 heteroatoms. The number of aliphatic hydroxyl groups excluding tert-OH is 1. The van der Waals surface area contributed by atoms with Crippen LogP contribution in [0.1, 0.15) is 5.69 Å². The number of halogens is 1. The Hall–Kier alpha value is -1.62. The highest BCUT2D eigenvalue weighted by molar-refractivity contribution is 5.85. The minimum absolute atomic E-state index is 0. The van der Waals surface area contributed by atoms with E-state index in [1.807, 2.05) is 42.5 Å². The van der Waals surface area contributed by atoms with Crippen LogP contribution in [0.15, 0.2) is 42.5 Å². The molecule has 0 spiro atoms. The molecule has 1 atom stereocenters. The molecule has 2 rings (SSSR count). The largest absolute Gasteiger partial charge is 0.497 e. The van der Waals surface area contributed by atoms with Crippen LogP contribution in [0.5, 0.6) is 5.75 Å². The van der Waals surface area contributed by atoms with Crippen molar-refractivity contribution in [2.75, 3.05) is 13.7 Å². The van der Waals surface area contributed by atoms with Crippen molar-refractivity contribution >= 4 is 12.4 Å². The minimum atomic E-state index is -0.265. The Labute approximate surface area is 125 Å². The van der Waals surface area contributed by atoms with Gasteiger partial charge in [-0.1, -0.05) is 6.07 Å². The van der Waals surface area contributed by atoms with Crippen molar-refractivity contribution in [1.82, 2.24) is 4.98 Å². The molecule has 3 N–H and O–H groups in total. The van der Waals surface area contributed by atoms with Crippen molar-refractivity contribution in [2.45, 2.75) is 12.5 Å². The summed E-state index contributed by atoms with van der Waals surface area (Å²) >= 11 is 0. The molecule has 2 aromatic rings. The van der Waals surface area contributed by atoms with Crippen molar-refractivity contribution in [1.29, 1.82) is 0 Å². The topological polar surface area (TPSA) is 68.4 Å². The summed E-state index contributed by atoms with van der Waals surface area (Å²) in [6.07, 6.45) is 0.570. The lowest BCUT2D eigenvalue weighted by molar-refractivity contribution is 0.264. The molecule has 0 aliphatic heterocycles. The SMILES string of the molecule is COc1ccc(-c2cccc(CC(N)CO)n2)cc1.Cl. The standard InChI is InChI=1S/C15H18N2O2.ClH/c1-19-14-7-5-11(6-8-14)15-4-2-3-13(17-15)9-12(16)10-18;/h2-8,12,18H,9-10,16H2,1H3;1H. The van der Waals surface area contributed by atoms with Gasteiger partial charge in [0.25, 0.3) is 0 Å². The second kappa shape index (κ2) is 7.85. The highest BCUT2D eigenvalue weighted by atomic mass is 35.5. The van der Waals surface area contributed by atoms with Gasteiger partial charge in [0, 0.05) is 23.7 Å². The first-order valence-electron chi connectivity index (χ1n) is 6.19. The predicted octanol–water partition coefficient (Wildman–Crippen LogP) is 2.04. The zero-order valence-electron chi connectivity index (χ0n) is 11.3. The van der Waals surface area contributed by atoms with Crippen LogP contribution >= 0.6 is 12.4 Å². The van der Waals surface area contributed by atoms with Gasteiger partial charge in [-0.05, 0) is 36.4 Å². The Morgan fingerprint density at radius 1 is 1.20 bits per heavy atom. The maximum atomic E-state index is 8.97. The van der Waals surface area contributed by atoms with Gasteiger partial charge >= 0.3 is 0 Å². The maximum Gasteiger partial charge on any atom is 0.118 e. The van der Waals surface area contributed by atoms with E-state index in [1.54, 1.807) is 7.11 Å². The van der Waals surface area contributed by atoms with E-state index in [2.05, 4.69) is 4.98 Å². The molecule has 0 aliphatic rings. The number of ether oxygens (including phenoxy) is 1. The van der Waals surface area contributed by atoms with Gasteiger partial charge < -0.3 is 15.6 Å². The Kier molecular flexibility index (Phi) is 6.45. The number of nitrogens with two attached hydrogens (primary N) is 1. The summed E-state index contributed by atoms with van der Waals surface area (Å²) in [5.74, 6) is 0.821. The molecule has 1 aromatic heterocycles. The van der Waals surface area contributed by atoms with Gasteiger partial charge in [0.1, 0.15) is 5.75 Å². The Morgan fingerprint density at radius 2 is 1.90 bits per heavy atom. The van der Waals surface area contributed by atoms with Gasteiger partial charge in [-0.2, -0.15) is 0 Å². The average molecular weight is 295 g/mol. The Morgan fingerprint density at radius 3 is 2.50 bits per heavy atom. The molecule has 108 valence electrons.